The SMILES string of the molecule is COCCNCC(C)CCc1ccc(F)cc1Br. The Hall–Kier alpha value is -0.450. The molecule has 1 rings (SSSR count). The third kappa shape index (κ3) is 5.94. The maximum atomic E-state index is 12.9. The maximum absolute atomic E-state index is 12.9. The molecule has 2 nitrogen and oxygen atoms in total. The molecule has 0 aliphatic carbocycles. The van der Waals surface area contributed by atoms with Gasteiger partial charge in [0.05, 0.1) is 6.61 Å². The number of benzene rings is 1. The van der Waals surface area contributed by atoms with Gasteiger partial charge in [-0.15, -0.1) is 0 Å². The van der Waals surface area contributed by atoms with E-state index in [0.717, 1.165) is 37.0 Å². The van der Waals surface area contributed by atoms with Gasteiger partial charge in [0.25, 0.3) is 0 Å². The fraction of sp³-hybridized carbons (Fsp3) is 0.571. The molecule has 1 N–H and O–H groups in total. The zero-order chi connectivity index (χ0) is 13.4. The molecule has 102 valence electrons. The van der Waals surface area contributed by atoms with Crippen LogP contribution in [0.25, 0.3) is 0 Å². The second-order valence-electron chi connectivity index (χ2n) is 4.58. The van der Waals surface area contributed by atoms with Gasteiger partial charge in [-0.3, -0.25) is 0 Å². The zero-order valence-electron chi connectivity index (χ0n) is 11.0. The topological polar surface area (TPSA) is 21.3 Å². The molecule has 1 unspecified atom stereocenters. The van der Waals surface area contributed by atoms with Crippen LogP contribution in [0.4, 0.5) is 4.39 Å². The van der Waals surface area contributed by atoms with E-state index in [1.165, 1.54) is 17.7 Å². The van der Waals surface area contributed by atoms with E-state index in [-0.39, 0.29) is 5.82 Å². The Kier molecular flexibility index (Phi) is 7.47. The molecule has 1 aromatic rings. The van der Waals surface area contributed by atoms with E-state index in [1.807, 2.05) is 6.07 Å². The van der Waals surface area contributed by atoms with Crippen molar-refractivity contribution in [2.75, 3.05) is 26.8 Å². The minimum Gasteiger partial charge on any atom is -0.383 e. The van der Waals surface area contributed by atoms with Crippen molar-refractivity contribution < 1.29 is 9.13 Å². The number of rotatable bonds is 8. The zero-order valence-corrected chi connectivity index (χ0v) is 12.6. The molecule has 0 aliphatic rings. The summed E-state index contributed by atoms with van der Waals surface area (Å²) in [6, 6.07) is 4.89. The van der Waals surface area contributed by atoms with Crippen molar-refractivity contribution in [1.82, 2.24) is 5.32 Å². The normalized spacial score (nSPS) is 12.7. The summed E-state index contributed by atoms with van der Waals surface area (Å²) in [5.74, 6) is 0.402. The van der Waals surface area contributed by atoms with Crippen LogP contribution in [-0.2, 0) is 11.2 Å². The van der Waals surface area contributed by atoms with E-state index in [1.54, 1.807) is 7.11 Å². The number of hydrogen-bond acceptors (Lipinski definition) is 2. The third-order valence-electron chi connectivity index (χ3n) is 2.90. The number of hydrogen-bond donors (Lipinski definition) is 1. The summed E-state index contributed by atoms with van der Waals surface area (Å²) in [5, 5.41) is 3.35. The average molecular weight is 318 g/mol. The Morgan fingerprint density at radius 1 is 1.44 bits per heavy atom. The second-order valence-corrected chi connectivity index (χ2v) is 5.43. The summed E-state index contributed by atoms with van der Waals surface area (Å²) in [5.41, 5.74) is 1.17. The van der Waals surface area contributed by atoms with Crippen LogP contribution in [0.2, 0.25) is 0 Å². The van der Waals surface area contributed by atoms with Crippen LogP contribution in [-0.4, -0.2) is 26.8 Å². The maximum Gasteiger partial charge on any atom is 0.124 e. The molecule has 4 heteroatoms. The van der Waals surface area contributed by atoms with Gasteiger partial charge in [0.1, 0.15) is 5.82 Å². The molecule has 0 aliphatic heterocycles. The predicted octanol–water partition coefficient (Wildman–Crippen LogP) is 3.39. The fourth-order valence-corrected chi connectivity index (χ4v) is 2.30. The standard InChI is InChI=1S/C14H21BrFNO/c1-11(10-17-7-8-18-2)3-4-12-5-6-13(16)9-14(12)15/h5-6,9,11,17H,3-4,7-8,10H2,1-2H3. The molecule has 0 saturated carbocycles. The van der Waals surface area contributed by atoms with Crippen molar-refractivity contribution in [2.24, 2.45) is 5.92 Å². The Morgan fingerprint density at radius 2 is 2.22 bits per heavy atom. The first-order valence-electron chi connectivity index (χ1n) is 6.27. The summed E-state index contributed by atoms with van der Waals surface area (Å²) in [4.78, 5) is 0. The minimum atomic E-state index is -0.195. The molecule has 0 saturated heterocycles. The minimum absolute atomic E-state index is 0.195. The number of nitrogens with one attached hydrogen (secondary N) is 1. The van der Waals surface area contributed by atoms with Crippen LogP contribution < -0.4 is 5.32 Å². The highest BCUT2D eigenvalue weighted by atomic mass is 79.9. The molecule has 18 heavy (non-hydrogen) atoms. The van der Waals surface area contributed by atoms with Gasteiger partial charge in [-0.1, -0.05) is 28.9 Å². The molecule has 0 radical (unpaired) electrons. The number of halogens is 2. The first-order chi connectivity index (χ1) is 8.63. The summed E-state index contributed by atoms with van der Waals surface area (Å²) < 4.78 is 18.8. The number of aryl methyl sites for hydroxylation is 1. The third-order valence-corrected chi connectivity index (χ3v) is 3.64. The van der Waals surface area contributed by atoms with E-state index >= 15 is 0 Å². The number of methoxy groups -OCH3 is 1. The van der Waals surface area contributed by atoms with Crippen molar-refractivity contribution in [3.63, 3.8) is 0 Å². The van der Waals surface area contributed by atoms with E-state index in [2.05, 4.69) is 28.2 Å². The van der Waals surface area contributed by atoms with Gasteiger partial charge in [-0.25, -0.2) is 4.39 Å². The Bertz CT molecular complexity index is 360. The molecule has 0 spiro atoms. The van der Waals surface area contributed by atoms with Crippen LogP contribution in [0.15, 0.2) is 22.7 Å². The van der Waals surface area contributed by atoms with E-state index < -0.39 is 0 Å². The fourth-order valence-electron chi connectivity index (χ4n) is 1.75. The second kappa shape index (κ2) is 8.62. The number of ether oxygens (including phenoxy) is 1. The summed E-state index contributed by atoms with van der Waals surface area (Å²) >= 11 is 3.40. The van der Waals surface area contributed by atoms with Gasteiger partial charge >= 0.3 is 0 Å². The quantitative estimate of drug-likeness (QED) is 0.742. The highest BCUT2D eigenvalue weighted by molar-refractivity contribution is 9.10. The van der Waals surface area contributed by atoms with Gasteiger partial charge in [-0.2, -0.15) is 0 Å². The molecule has 1 aromatic carbocycles. The lowest BCUT2D eigenvalue weighted by Gasteiger charge is -2.13. The molecular formula is C14H21BrFNO. The van der Waals surface area contributed by atoms with Crippen molar-refractivity contribution >= 4 is 15.9 Å². The Labute approximate surface area is 117 Å². The molecule has 1 atom stereocenters. The first-order valence-corrected chi connectivity index (χ1v) is 7.06. The summed E-state index contributed by atoms with van der Waals surface area (Å²) in [7, 11) is 1.71. The van der Waals surface area contributed by atoms with Crippen molar-refractivity contribution in [3.05, 3.63) is 34.1 Å². The highest BCUT2D eigenvalue weighted by Crippen LogP contribution is 2.20. The smallest absolute Gasteiger partial charge is 0.124 e. The first kappa shape index (κ1) is 15.6. The van der Waals surface area contributed by atoms with Crippen LogP contribution in [0, 0.1) is 11.7 Å². The Balaban J connectivity index is 2.27. The summed E-state index contributed by atoms with van der Waals surface area (Å²) in [6.45, 7) is 4.84. The van der Waals surface area contributed by atoms with E-state index in [0.29, 0.717) is 5.92 Å². The van der Waals surface area contributed by atoms with Crippen LogP contribution in [0.1, 0.15) is 18.9 Å². The highest BCUT2D eigenvalue weighted by Gasteiger charge is 2.05. The van der Waals surface area contributed by atoms with Crippen molar-refractivity contribution in [2.45, 2.75) is 19.8 Å². The molecular weight excluding hydrogens is 297 g/mol. The monoisotopic (exact) mass is 317 g/mol. The van der Waals surface area contributed by atoms with Crippen LogP contribution in [0.3, 0.4) is 0 Å². The van der Waals surface area contributed by atoms with Gasteiger partial charge in [0.15, 0.2) is 0 Å². The summed E-state index contributed by atoms with van der Waals surface area (Å²) in [6.07, 6.45) is 2.05. The van der Waals surface area contributed by atoms with E-state index in [9.17, 15) is 4.39 Å². The lowest BCUT2D eigenvalue weighted by atomic mass is 10.0. The molecule has 0 bridgehead atoms. The lowest BCUT2D eigenvalue weighted by molar-refractivity contribution is 0.198. The predicted molar refractivity (Wildman–Crippen MR) is 76.3 cm³/mol. The molecule has 0 heterocycles. The lowest BCUT2D eigenvalue weighted by Crippen LogP contribution is -2.25. The molecule has 0 aromatic heterocycles. The van der Waals surface area contributed by atoms with Gasteiger partial charge in [0.2, 0.25) is 0 Å². The van der Waals surface area contributed by atoms with Gasteiger partial charge < -0.3 is 10.1 Å². The van der Waals surface area contributed by atoms with E-state index in [4.69, 9.17) is 4.74 Å². The van der Waals surface area contributed by atoms with Crippen molar-refractivity contribution in [3.8, 4) is 0 Å². The van der Waals surface area contributed by atoms with Crippen molar-refractivity contribution in [1.29, 1.82) is 0 Å². The van der Waals surface area contributed by atoms with Gasteiger partial charge in [0, 0.05) is 18.1 Å². The van der Waals surface area contributed by atoms with Crippen LogP contribution >= 0.6 is 15.9 Å². The molecule has 0 fully saturated rings. The largest absolute Gasteiger partial charge is 0.383 e. The van der Waals surface area contributed by atoms with Crippen LogP contribution in [0.5, 0.6) is 0 Å². The molecule has 0 amide bonds. The van der Waals surface area contributed by atoms with Gasteiger partial charge in [-0.05, 0) is 43.0 Å². The average Bonchev–Trinajstić information content (AvgIpc) is 2.33. The Morgan fingerprint density at radius 3 is 2.89 bits per heavy atom.